The smallest absolute Gasteiger partial charge is 0.165 e. The van der Waals surface area contributed by atoms with E-state index < -0.39 is 11.6 Å². The summed E-state index contributed by atoms with van der Waals surface area (Å²) in [7, 11) is 0. The van der Waals surface area contributed by atoms with E-state index in [1.54, 1.807) is 0 Å². The third-order valence-corrected chi connectivity index (χ3v) is 4.76. The molecule has 1 fully saturated rings. The van der Waals surface area contributed by atoms with Gasteiger partial charge in [0, 0.05) is 37.6 Å². The summed E-state index contributed by atoms with van der Waals surface area (Å²) in [6.45, 7) is 3.33. The van der Waals surface area contributed by atoms with Crippen LogP contribution in [-0.4, -0.2) is 53.9 Å². The summed E-state index contributed by atoms with van der Waals surface area (Å²) in [5.41, 5.74) is 0.875. The normalized spacial score (nSPS) is 15.3. The molecule has 0 bridgehead atoms. The number of anilines is 1. The van der Waals surface area contributed by atoms with Gasteiger partial charge in [-0.15, -0.1) is 0 Å². The first-order chi connectivity index (χ1) is 13.2. The average Bonchev–Trinajstić information content (AvgIpc) is 2.68. The van der Waals surface area contributed by atoms with Crippen molar-refractivity contribution in [3.63, 3.8) is 0 Å². The molecule has 1 aliphatic heterocycles. The van der Waals surface area contributed by atoms with E-state index in [4.69, 9.17) is 0 Å². The van der Waals surface area contributed by atoms with Gasteiger partial charge in [-0.3, -0.25) is 4.90 Å². The van der Waals surface area contributed by atoms with Crippen molar-refractivity contribution < 1.29 is 13.6 Å². The van der Waals surface area contributed by atoms with Gasteiger partial charge in [0.1, 0.15) is 23.7 Å². The largest absolute Gasteiger partial charge is 0.353 e. The molecule has 2 aromatic carbocycles. The van der Waals surface area contributed by atoms with Crippen LogP contribution in [0.2, 0.25) is 0 Å². The molecule has 0 atom stereocenters. The number of aromatic nitrogens is 2. The van der Waals surface area contributed by atoms with Crippen molar-refractivity contribution in [3.8, 4) is 11.4 Å². The van der Waals surface area contributed by atoms with Crippen molar-refractivity contribution in [1.82, 2.24) is 14.9 Å². The number of hydrogen-bond acceptors (Lipinski definition) is 5. The standard InChI is InChI=1S/C20H18F2N4O/c21-14-5-6-15(17(22)13-14)19-23-18-4-2-1-3-16(18)20(24-19)26-9-7-25(8-10-26)11-12-27/h1-6,12-13H,7-11H2. The summed E-state index contributed by atoms with van der Waals surface area (Å²) < 4.78 is 27.5. The number of halogens is 2. The molecule has 0 radical (unpaired) electrons. The van der Waals surface area contributed by atoms with Gasteiger partial charge in [0.15, 0.2) is 5.82 Å². The molecule has 4 rings (SSSR count). The maximum atomic E-state index is 14.3. The number of carbonyl (C=O) groups excluding carboxylic acids is 1. The monoisotopic (exact) mass is 368 g/mol. The fourth-order valence-corrected chi connectivity index (χ4v) is 3.34. The molecular weight excluding hydrogens is 350 g/mol. The van der Waals surface area contributed by atoms with Gasteiger partial charge < -0.3 is 9.69 Å². The first-order valence-corrected chi connectivity index (χ1v) is 8.79. The number of carbonyl (C=O) groups is 1. The van der Waals surface area contributed by atoms with E-state index in [-0.39, 0.29) is 11.4 Å². The zero-order chi connectivity index (χ0) is 18.8. The van der Waals surface area contributed by atoms with Crippen molar-refractivity contribution in [1.29, 1.82) is 0 Å². The minimum atomic E-state index is -0.688. The van der Waals surface area contributed by atoms with Gasteiger partial charge in [-0.05, 0) is 24.3 Å². The molecule has 0 N–H and O–H groups in total. The van der Waals surface area contributed by atoms with E-state index in [9.17, 15) is 13.6 Å². The number of aldehydes is 1. The van der Waals surface area contributed by atoms with E-state index >= 15 is 0 Å². The van der Waals surface area contributed by atoms with Gasteiger partial charge in [0.05, 0.1) is 17.6 Å². The highest BCUT2D eigenvalue weighted by atomic mass is 19.1. The minimum Gasteiger partial charge on any atom is -0.353 e. The zero-order valence-corrected chi connectivity index (χ0v) is 14.6. The summed E-state index contributed by atoms with van der Waals surface area (Å²) in [6, 6.07) is 11.0. The molecule has 7 heteroatoms. The van der Waals surface area contributed by atoms with Crippen LogP contribution in [-0.2, 0) is 4.79 Å². The SMILES string of the molecule is O=CCN1CCN(c2nc(-c3ccc(F)cc3F)nc3ccccc23)CC1. The van der Waals surface area contributed by atoms with Gasteiger partial charge in [-0.2, -0.15) is 0 Å². The molecule has 1 aliphatic rings. The lowest BCUT2D eigenvalue weighted by molar-refractivity contribution is -0.108. The molecule has 138 valence electrons. The van der Waals surface area contributed by atoms with Gasteiger partial charge in [0.25, 0.3) is 0 Å². The summed E-state index contributed by atoms with van der Waals surface area (Å²) in [4.78, 5) is 24.0. The lowest BCUT2D eigenvalue weighted by atomic mass is 10.1. The lowest BCUT2D eigenvalue weighted by Gasteiger charge is -2.35. The van der Waals surface area contributed by atoms with Crippen LogP contribution in [0.25, 0.3) is 22.3 Å². The predicted molar refractivity (Wildman–Crippen MR) is 99.6 cm³/mol. The molecule has 0 unspecified atom stereocenters. The fourth-order valence-electron chi connectivity index (χ4n) is 3.34. The van der Waals surface area contributed by atoms with Crippen molar-refractivity contribution >= 4 is 23.0 Å². The number of fused-ring (bicyclic) bond motifs is 1. The van der Waals surface area contributed by atoms with E-state index in [0.717, 1.165) is 36.6 Å². The van der Waals surface area contributed by atoms with E-state index in [1.165, 1.54) is 12.1 Å². The molecule has 0 spiro atoms. The highest BCUT2D eigenvalue weighted by Gasteiger charge is 2.21. The van der Waals surface area contributed by atoms with Gasteiger partial charge in [-0.1, -0.05) is 12.1 Å². The number of rotatable bonds is 4. The van der Waals surface area contributed by atoms with Gasteiger partial charge in [0.2, 0.25) is 0 Å². The Hall–Kier alpha value is -2.93. The quantitative estimate of drug-likeness (QED) is 0.663. The molecule has 2 heterocycles. The second kappa shape index (κ2) is 7.36. The summed E-state index contributed by atoms with van der Waals surface area (Å²) in [5, 5.41) is 0.882. The molecule has 0 amide bonds. The second-order valence-electron chi connectivity index (χ2n) is 6.47. The fraction of sp³-hybridized carbons (Fsp3) is 0.250. The Morgan fingerprint density at radius 1 is 1.00 bits per heavy atom. The topological polar surface area (TPSA) is 49.3 Å². The zero-order valence-electron chi connectivity index (χ0n) is 14.6. The molecule has 1 saturated heterocycles. The molecule has 5 nitrogen and oxygen atoms in total. The maximum absolute atomic E-state index is 14.3. The third-order valence-electron chi connectivity index (χ3n) is 4.76. The second-order valence-corrected chi connectivity index (χ2v) is 6.47. The Kier molecular flexibility index (Phi) is 4.77. The van der Waals surface area contributed by atoms with Gasteiger partial charge >= 0.3 is 0 Å². The average molecular weight is 368 g/mol. The molecule has 3 aromatic rings. The van der Waals surface area contributed by atoms with Crippen LogP contribution >= 0.6 is 0 Å². The Labute approximate surface area is 155 Å². The highest BCUT2D eigenvalue weighted by Crippen LogP contribution is 2.29. The van der Waals surface area contributed by atoms with Crippen LogP contribution in [0, 0.1) is 11.6 Å². The highest BCUT2D eigenvalue weighted by molar-refractivity contribution is 5.91. The summed E-state index contributed by atoms with van der Waals surface area (Å²) >= 11 is 0. The predicted octanol–water partition coefficient (Wildman–Crippen LogP) is 2.90. The van der Waals surface area contributed by atoms with Crippen LogP contribution in [0.15, 0.2) is 42.5 Å². The number of para-hydroxylation sites is 1. The molecule has 0 aliphatic carbocycles. The third kappa shape index (κ3) is 3.50. The Morgan fingerprint density at radius 3 is 2.52 bits per heavy atom. The first-order valence-electron chi connectivity index (χ1n) is 8.79. The van der Waals surface area contributed by atoms with E-state index in [1.807, 2.05) is 24.3 Å². The van der Waals surface area contributed by atoms with Crippen molar-refractivity contribution in [2.24, 2.45) is 0 Å². The Morgan fingerprint density at radius 2 is 1.78 bits per heavy atom. The molecule has 0 saturated carbocycles. The van der Waals surface area contributed by atoms with Gasteiger partial charge in [-0.25, -0.2) is 18.7 Å². The number of piperazine rings is 1. The lowest BCUT2D eigenvalue weighted by Crippen LogP contribution is -2.47. The molecule has 1 aromatic heterocycles. The van der Waals surface area contributed by atoms with Crippen LogP contribution in [0.5, 0.6) is 0 Å². The maximum Gasteiger partial charge on any atom is 0.165 e. The van der Waals surface area contributed by atoms with E-state index in [2.05, 4.69) is 19.8 Å². The van der Waals surface area contributed by atoms with Crippen LogP contribution in [0.4, 0.5) is 14.6 Å². The van der Waals surface area contributed by atoms with Crippen molar-refractivity contribution in [3.05, 3.63) is 54.1 Å². The number of hydrogen-bond donors (Lipinski definition) is 0. The Bertz CT molecular complexity index is 987. The van der Waals surface area contributed by atoms with Crippen LogP contribution < -0.4 is 4.90 Å². The van der Waals surface area contributed by atoms with E-state index in [0.29, 0.717) is 25.2 Å². The Balaban J connectivity index is 1.77. The molecule has 27 heavy (non-hydrogen) atoms. The number of benzene rings is 2. The van der Waals surface area contributed by atoms with Crippen LogP contribution in [0.1, 0.15) is 0 Å². The first kappa shape index (κ1) is 17.5. The summed E-state index contributed by atoms with van der Waals surface area (Å²) in [5.74, 6) is -0.364. The molecular formula is C20H18F2N4O. The minimum absolute atomic E-state index is 0.169. The summed E-state index contributed by atoms with van der Waals surface area (Å²) in [6.07, 6.45) is 0.908. The number of nitrogens with zero attached hydrogens (tertiary/aromatic N) is 4. The van der Waals surface area contributed by atoms with Crippen LogP contribution in [0.3, 0.4) is 0 Å². The van der Waals surface area contributed by atoms with Crippen molar-refractivity contribution in [2.75, 3.05) is 37.6 Å². The van der Waals surface area contributed by atoms with Crippen molar-refractivity contribution in [2.45, 2.75) is 0 Å².